The third-order valence-electron chi connectivity index (χ3n) is 3.52. The monoisotopic (exact) mass is 326 g/mol. The van der Waals surface area contributed by atoms with E-state index < -0.39 is 0 Å². The van der Waals surface area contributed by atoms with E-state index in [0.717, 1.165) is 17.4 Å². The Bertz CT molecular complexity index is 731. The van der Waals surface area contributed by atoms with Gasteiger partial charge in [-0.3, -0.25) is 14.7 Å². The van der Waals surface area contributed by atoms with Crippen molar-refractivity contribution in [2.75, 3.05) is 18.6 Å². The van der Waals surface area contributed by atoms with Crippen molar-refractivity contribution < 1.29 is 9.53 Å². The minimum absolute atomic E-state index is 0.0841. The minimum Gasteiger partial charge on any atom is -0.497 e. The molecule has 1 aliphatic rings. The van der Waals surface area contributed by atoms with Crippen LogP contribution in [0, 0.1) is 0 Å². The van der Waals surface area contributed by atoms with Crippen LogP contribution in [0.15, 0.2) is 59.6 Å². The summed E-state index contributed by atoms with van der Waals surface area (Å²) >= 11 is 1.62. The summed E-state index contributed by atoms with van der Waals surface area (Å²) in [5.41, 5.74) is 1.40. The van der Waals surface area contributed by atoms with Gasteiger partial charge in [0.25, 0.3) is 5.91 Å². The Kier molecular flexibility index (Phi) is 4.67. The number of ether oxygens (including phenoxy) is 1. The van der Waals surface area contributed by atoms with Crippen LogP contribution in [0.2, 0.25) is 0 Å². The van der Waals surface area contributed by atoms with Gasteiger partial charge in [-0.25, -0.2) is 0 Å². The number of carbonyl (C=O) groups is 1. The Morgan fingerprint density at radius 3 is 2.65 bits per heavy atom. The summed E-state index contributed by atoms with van der Waals surface area (Å²) in [6.45, 7) is 2.83. The molecule has 1 atom stereocenters. The van der Waals surface area contributed by atoms with Crippen LogP contribution in [0.3, 0.4) is 0 Å². The maximum atomic E-state index is 13.0. The first-order valence-corrected chi connectivity index (χ1v) is 8.31. The van der Waals surface area contributed by atoms with E-state index in [1.54, 1.807) is 23.8 Å². The fraction of sp³-hybridized carbons (Fsp3) is 0.222. The van der Waals surface area contributed by atoms with Crippen LogP contribution in [0.5, 0.6) is 5.75 Å². The van der Waals surface area contributed by atoms with Gasteiger partial charge in [0.2, 0.25) is 0 Å². The highest BCUT2D eigenvalue weighted by Crippen LogP contribution is 2.30. The summed E-state index contributed by atoms with van der Waals surface area (Å²) in [6.07, 6.45) is 0. The first kappa shape index (κ1) is 15.6. The summed E-state index contributed by atoms with van der Waals surface area (Å²) in [7, 11) is 1.62. The Morgan fingerprint density at radius 1 is 1.22 bits per heavy atom. The predicted molar refractivity (Wildman–Crippen MR) is 95.6 cm³/mol. The van der Waals surface area contributed by atoms with Gasteiger partial charge in [0.1, 0.15) is 5.75 Å². The molecule has 0 bridgehead atoms. The second kappa shape index (κ2) is 6.87. The first-order chi connectivity index (χ1) is 11.2. The molecule has 2 aromatic rings. The van der Waals surface area contributed by atoms with E-state index in [1.807, 2.05) is 54.6 Å². The number of aliphatic imine (C=N–C) groups is 1. The van der Waals surface area contributed by atoms with Crippen molar-refractivity contribution in [3.63, 3.8) is 0 Å². The van der Waals surface area contributed by atoms with E-state index >= 15 is 0 Å². The zero-order valence-corrected chi connectivity index (χ0v) is 13.9. The van der Waals surface area contributed by atoms with E-state index in [2.05, 4.69) is 11.9 Å². The molecule has 0 radical (unpaired) electrons. The van der Waals surface area contributed by atoms with Crippen LogP contribution >= 0.6 is 11.8 Å². The average molecular weight is 326 g/mol. The molecule has 118 valence electrons. The lowest BCUT2D eigenvalue weighted by molar-refractivity contribution is 0.100. The van der Waals surface area contributed by atoms with Crippen LogP contribution in [-0.4, -0.2) is 30.0 Å². The molecule has 3 rings (SSSR count). The molecule has 1 heterocycles. The fourth-order valence-electron chi connectivity index (χ4n) is 2.36. The van der Waals surface area contributed by atoms with E-state index in [1.165, 1.54) is 0 Å². The van der Waals surface area contributed by atoms with Crippen molar-refractivity contribution in [1.29, 1.82) is 0 Å². The molecule has 0 N–H and O–H groups in total. The highest BCUT2D eigenvalue weighted by molar-refractivity contribution is 8.15. The third-order valence-corrected chi connectivity index (χ3v) is 4.59. The maximum absolute atomic E-state index is 13.0. The van der Waals surface area contributed by atoms with Gasteiger partial charge in [0, 0.05) is 16.9 Å². The number of nitrogens with zero attached hydrogens (tertiary/aromatic N) is 2. The van der Waals surface area contributed by atoms with E-state index in [0.29, 0.717) is 16.6 Å². The van der Waals surface area contributed by atoms with E-state index in [4.69, 9.17) is 4.74 Å². The van der Waals surface area contributed by atoms with E-state index in [9.17, 15) is 4.79 Å². The second-order valence-electron chi connectivity index (χ2n) is 5.26. The molecule has 1 amide bonds. The van der Waals surface area contributed by atoms with Crippen LogP contribution in [0.4, 0.5) is 5.69 Å². The van der Waals surface area contributed by atoms with Crippen molar-refractivity contribution in [1.82, 2.24) is 0 Å². The molecule has 0 saturated carbocycles. The second-order valence-corrected chi connectivity index (χ2v) is 6.67. The number of rotatable bonds is 3. The molecule has 23 heavy (non-hydrogen) atoms. The smallest absolute Gasteiger partial charge is 0.264 e. The number of amides is 1. The lowest BCUT2D eigenvalue weighted by Gasteiger charge is -2.23. The fourth-order valence-corrected chi connectivity index (χ4v) is 3.31. The largest absolute Gasteiger partial charge is 0.497 e. The molecular formula is C18H18N2O2S. The zero-order chi connectivity index (χ0) is 16.2. The molecular weight excluding hydrogens is 308 g/mol. The van der Waals surface area contributed by atoms with Crippen molar-refractivity contribution in [3.05, 3.63) is 60.2 Å². The van der Waals surface area contributed by atoms with Gasteiger partial charge in [-0.1, -0.05) is 43.0 Å². The summed E-state index contributed by atoms with van der Waals surface area (Å²) in [5, 5.41) is 1.11. The summed E-state index contributed by atoms with van der Waals surface area (Å²) in [4.78, 5) is 19.2. The number of hydrogen-bond acceptors (Lipinski definition) is 4. The lowest BCUT2D eigenvalue weighted by Crippen LogP contribution is -2.34. The number of anilines is 1. The van der Waals surface area contributed by atoms with Crippen molar-refractivity contribution in [3.8, 4) is 5.75 Å². The van der Waals surface area contributed by atoms with Gasteiger partial charge in [-0.05, 0) is 24.3 Å². The van der Waals surface area contributed by atoms with Gasteiger partial charge < -0.3 is 4.74 Å². The zero-order valence-electron chi connectivity index (χ0n) is 13.1. The third kappa shape index (κ3) is 3.40. The average Bonchev–Trinajstić information content (AvgIpc) is 3.02. The molecule has 2 aromatic carbocycles. The van der Waals surface area contributed by atoms with Crippen molar-refractivity contribution in [2.45, 2.75) is 12.2 Å². The molecule has 0 saturated heterocycles. The molecule has 0 aliphatic carbocycles. The SMILES string of the molecule is COc1cccc(N(C(=O)c2ccccc2)C2=NC[C@@H](C)S2)c1. The number of methoxy groups -OCH3 is 1. The van der Waals surface area contributed by atoms with Gasteiger partial charge in [0.05, 0.1) is 19.3 Å². The summed E-state index contributed by atoms with van der Waals surface area (Å²) in [6, 6.07) is 16.8. The number of carbonyl (C=O) groups excluding carboxylic acids is 1. The molecule has 4 nitrogen and oxygen atoms in total. The molecule has 0 spiro atoms. The van der Waals surface area contributed by atoms with Gasteiger partial charge >= 0.3 is 0 Å². The van der Waals surface area contributed by atoms with Gasteiger partial charge in [-0.15, -0.1) is 0 Å². The normalized spacial score (nSPS) is 16.8. The standard InChI is InChI=1S/C18H18N2O2S/c1-13-12-19-18(23-13)20(15-9-6-10-16(11-15)22-2)17(21)14-7-4-3-5-8-14/h3-11,13H,12H2,1-2H3/t13-/m1/s1. The number of amidine groups is 1. The lowest BCUT2D eigenvalue weighted by atomic mass is 10.2. The van der Waals surface area contributed by atoms with Gasteiger partial charge in [0.15, 0.2) is 5.17 Å². The topological polar surface area (TPSA) is 41.9 Å². The van der Waals surface area contributed by atoms with Crippen LogP contribution in [0.25, 0.3) is 0 Å². The Labute approximate surface area is 140 Å². The number of benzene rings is 2. The highest BCUT2D eigenvalue weighted by Gasteiger charge is 2.28. The first-order valence-electron chi connectivity index (χ1n) is 7.43. The van der Waals surface area contributed by atoms with Crippen LogP contribution in [0.1, 0.15) is 17.3 Å². The molecule has 0 aromatic heterocycles. The van der Waals surface area contributed by atoms with Gasteiger partial charge in [-0.2, -0.15) is 0 Å². The molecule has 0 unspecified atom stereocenters. The highest BCUT2D eigenvalue weighted by atomic mass is 32.2. The number of thioether (sulfide) groups is 1. The van der Waals surface area contributed by atoms with E-state index in [-0.39, 0.29) is 5.91 Å². The summed E-state index contributed by atoms with van der Waals surface area (Å²) < 4.78 is 5.29. The summed E-state index contributed by atoms with van der Waals surface area (Å²) in [5.74, 6) is 0.629. The van der Waals surface area contributed by atoms with Crippen molar-refractivity contribution in [2.24, 2.45) is 4.99 Å². The maximum Gasteiger partial charge on any atom is 0.264 e. The molecule has 5 heteroatoms. The molecule has 1 aliphatic heterocycles. The quantitative estimate of drug-likeness (QED) is 0.861. The van der Waals surface area contributed by atoms with Crippen LogP contribution < -0.4 is 9.64 Å². The van der Waals surface area contributed by atoms with Crippen molar-refractivity contribution >= 4 is 28.5 Å². The van der Waals surface area contributed by atoms with Crippen LogP contribution in [-0.2, 0) is 0 Å². The Morgan fingerprint density at radius 2 is 2.00 bits per heavy atom. The molecule has 0 fully saturated rings. The Hall–Kier alpha value is -2.27. The Balaban J connectivity index is 2.02. The predicted octanol–water partition coefficient (Wildman–Crippen LogP) is 3.83. The minimum atomic E-state index is -0.0841. The number of hydrogen-bond donors (Lipinski definition) is 0.